The Kier molecular flexibility index (Phi) is 9.99. The molecule has 4 N–H and O–H groups in total. The quantitative estimate of drug-likeness (QED) is 0.455. The summed E-state index contributed by atoms with van der Waals surface area (Å²) in [7, 11) is 1.31. The minimum atomic E-state index is -0.807. The van der Waals surface area contributed by atoms with Gasteiger partial charge in [-0.2, -0.15) is 4.99 Å². The average Bonchev–Trinajstić information content (AvgIpc) is 3.31. The Labute approximate surface area is 193 Å². The molecule has 2 heterocycles. The van der Waals surface area contributed by atoms with Crippen LogP contribution in [0.2, 0.25) is 0 Å². The van der Waals surface area contributed by atoms with Gasteiger partial charge in [0.15, 0.2) is 17.3 Å². The van der Waals surface area contributed by atoms with Gasteiger partial charge in [0.2, 0.25) is 0 Å². The van der Waals surface area contributed by atoms with Gasteiger partial charge in [-0.05, 0) is 44.5 Å². The number of aromatic nitrogens is 2. The van der Waals surface area contributed by atoms with Gasteiger partial charge in [-0.15, -0.1) is 0 Å². The van der Waals surface area contributed by atoms with Crippen molar-refractivity contribution in [1.82, 2.24) is 14.9 Å². The summed E-state index contributed by atoms with van der Waals surface area (Å²) in [5.41, 5.74) is 12.5. The molecule has 1 fully saturated rings. The summed E-state index contributed by atoms with van der Waals surface area (Å²) in [5.74, 6) is -1.02. The van der Waals surface area contributed by atoms with Crippen LogP contribution < -0.4 is 20.9 Å². The number of ether oxygens (including phenoxy) is 2. The number of methoxy groups -OCH3 is 1. The van der Waals surface area contributed by atoms with Gasteiger partial charge < -0.3 is 20.9 Å². The van der Waals surface area contributed by atoms with Crippen molar-refractivity contribution in [2.24, 2.45) is 16.5 Å². The van der Waals surface area contributed by atoms with Crippen molar-refractivity contribution in [3.8, 4) is 11.5 Å². The Hall–Kier alpha value is -3.27. The van der Waals surface area contributed by atoms with Crippen LogP contribution in [0.1, 0.15) is 37.8 Å². The molecule has 1 aliphatic heterocycles. The van der Waals surface area contributed by atoms with E-state index >= 15 is 0 Å². The Balaban J connectivity index is 0.00000187. The fourth-order valence-electron chi connectivity index (χ4n) is 3.26. The lowest BCUT2D eigenvalue weighted by Crippen LogP contribution is -2.26. The molecule has 0 bridgehead atoms. The highest BCUT2D eigenvalue weighted by Crippen LogP contribution is 2.27. The van der Waals surface area contributed by atoms with Gasteiger partial charge >= 0.3 is 0 Å². The molecule has 8 nitrogen and oxygen atoms in total. The minimum absolute atomic E-state index is 0.0500. The highest BCUT2D eigenvalue weighted by molar-refractivity contribution is 5.93. The summed E-state index contributed by atoms with van der Waals surface area (Å²) in [4.78, 5) is 14.4. The molecule has 3 rings (SSSR count). The number of likely N-dealkylation sites (tertiary alicyclic amines) is 1. The monoisotopic (exact) mass is 462 g/mol. The smallest absolute Gasteiger partial charge is 0.251 e. The molecule has 0 atom stereocenters. The van der Waals surface area contributed by atoms with E-state index in [1.54, 1.807) is 6.08 Å². The van der Waals surface area contributed by atoms with Crippen molar-refractivity contribution in [2.45, 2.75) is 40.2 Å². The number of hydrogen-bond acceptors (Lipinski definition) is 7. The molecule has 0 spiro atoms. The van der Waals surface area contributed by atoms with Gasteiger partial charge in [-0.3, -0.25) is 4.90 Å². The zero-order chi connectivity index (χ0) is 24.4. The van der Waals surface area contributed by atoms with Crippen LogP contribution >= 0.6 is 0 Å². The van der Waals surface area contributed by atoms with E-state index in [0.717, 1.165) is 13.1 Å². The van der Waals surface area contributed by atoms with Crippen LogP contribution in [-0.2, 0) is 6.61 Å². The van der Waals surface area contributed by atoms with E-state index in [-0.39, 0.29) is 41.0 Å². The maximum absolute atomic E-state index is 14.3. The van der Waals surface area contributed by atoms with Crippen LogP contribution in [0.15, 0.2) is 35.2 Å². The molecule has 1 aliphatic rings. The Morgan fingerprint density at radius 3 is 2.39 bits per heavy atom. The lowest BCUT2D eigenvalue weighted by Gasteiger charge is -2.14. The van der Waals surface area contributed by atoms with Crippen LogP contribution in [0.3, 0.4) is 0 Å². The molecule has 0 aliphatic carbocycles. The number of hydrogen-bond donors (Lipinski definition) is 2. The Morgan fingerprint density at radius 2 is 1.79 bits per heavy atom. The van der Waals surface area contributed by atoms with Gasteiger partial charge in [0, 0.05) is 18.3 Å². The van der Waals surface area contributed by atoms with E-state index in [9.17, 15) is 8.78 Å². The minimum Gasteiger partial charge on any atom is -0.494 e. The SMILES string of the molecule is CC.COc1cc(C)c(F)c(COc2cnc(/N=C(N)\C=C(/N)CN3CCCC3)nc2)c1F. The summed E-state index contributed by atoms with van der Waals surface area (Å²) < 4.78 is 38.9. The normalized spacial score (nSPS) is 14.6. The number of halogens is 2. The number of benzene rings is 1. The predicted octanol–water partition coefficient (Wildman–Crippen LogP) is 3.60. The molecule has 0 unspecified atom stereocenters. The molecule has 1 aromatic carbocycles. The molecule has 0 saturated carbocycles. The molecule has 33 heavy (non-hydrogen) atoms. The summed E-state index contributed by atoms with van der Waals surface area (Å²) in [6.45, 7) is 7.87. The molecule has 2 aromatic rings. The highest BCUT2D eigenvalue weighted by Gasteiger charge is 2.18. The standard InChI is InChI=1S/C21H26F2N6O2.C2H6/c1-13-7-17(30-2)20(23)16(19(13)22)12-31-15-9-26-21(27-10-15)28-18(25)8-14(24)11-29-5-3-4-6-29;1-2/h7-10H,3-6,11-12,24H2,1-2H3,(H2,25,26,27,28);1-2H3/b14-8-;. The fourth-order valence-corrected chi connectivity index (χ4v) is 3.26. The maximum Gasteiger partial charge on any atom is 0.251 e. The number of amidine groups is 1. The molecule has 180 valence electrons. The highest BCUT2D eigenvalue weighted by atomic mass is 19.1. The van der Waals surface area contributed by atoms with Gasteiger partial charge in [-0.1, -0.05) is 13.8 Å². The van der Waals surface area contributed by atoms with Crippen molar-refractivity contribution in [1.29, 1.82) is 0 Å². The topological polar surface area (TPSA) is 112 Å². The van der Waals surface area contributed by atoms with Crippen molar-refractivity contribution in [3.63, 3.8) is 0 Å². The maximum atomic E-state index is 14.3. The van der Waals surface area contributed by atoms with Crippen molar-refractivity contribution in [3.05, 3.63) is 53.0 Å². The van der Waals surface area contributed by atoms with E-state index < -0.39 is 11.6 Å². The van der Waals surface area contributed by atoms with Gasteiger partial charge in [0.05, 0.1) is 25.1 Å². The average molecular weight is 463 g/mol. The largest absolute Gasteiger partial charge is 0.494 e. The lowest BCUT2D eigenvalue weighted by molar-refractivity contribution is 0.285. The van der Waals surface area contributed by atoms with E-state index in [4.69, 9.17) is 20.9 Å². The first-order valence-corrected chi connectivity index (χ1v) is 10.9. The first-order chi connectivity index (χ1) is 15.9. The molecule has 0 radical (unpaired) electrons. The van der Waals surface area contributed by atoms with Crippen LogP contribution in [0.25, 0.3) is 0 Å². The molecule has 0 amide bonds. The van der Waals surface area contributed by atoms with E-state index in [0.29, 0.717) is 12.2 Å². The van der Waals surface area contributed by atoms with Gasteiger partial charge in [0.1, 0.15) is 18.3 Å². The second-order valence-electron chi connectivity index (χ2n) is 7.25. The van der Waals surface area contributed by atoms with Gasteiger partial charge in [0.25, 0.3) is 5.95 Å². The van der Waals surface area contributed by atoms with Crippen LogP contribution in [0, 0.1) is 18.6 Å². The summed E-state index contributed by atoms with van der Waals surface area (Å²) in [5, 5.41) is 0. The number of rotatable bonds is 8. The number of nitrogens with zero attached hydrogens (tertiary/aromatic N) is 4. The third-order valence-corrected chi connectivity index (χ3v) is 4.82. The molecule has 1 saturated heterocycles. The summed E-state index contributed by atoms with van der Waals surface area (Å²) >= 11 is 0. The van der Waals surface area contributed by atoms with Crippen LogP contribution in [0.4, 0.5) is 14.7 Å². The third kappa shape index (κ3) is 7.38. The zero-order valence-electron chi connectivity index (χ0n) is 19.6. The number of nitrogens with two attached hydrogens (primary N) is 2. The Bertz CT molecular complexity index is 974. The second-order valence-corrected chi connectivity index (χ2v) is 7.25. The van der Waals surface area contributed by atoms with Crippen LogP contribution in [0.5, 0.6) is 11.5 Å². The lowest BCUT2D eigenvalue weighted by atomic mass is 10.1. The molecular weight excluding hydrogens is 430 g/mol. The van der Waals surface area contributed by atoms with Crippen molar-refractivity contribution >= 4 is 11.8 Å². The van der Waals surface area contributed by atoms with Crippen molar-refractivity contribution < 1.29 is 18.3 Å². The third-order valence-electron chi connectivity index (χ3n) is 4.82. The van der Waals surface area contributed by atoms with Gasteiger partial charge in [-0.25, -0.2) is 18.7 Å². The first-order valence-electron chi connectivity index (χ1n) is 10.9. The predicted molar refractivity (Wildman–Crippen MR) is 125 cm³/mol. The van der Waals surface area contributed by atoms with E-state index in [2.05, 4.69) is 19.9 Å². The molecule has 1 aromatic heterocycles. The van der Waals surface area contributed by atoms with E-state index in [1.807, 2.05) is 13.8 Å². The van der Waals surface area contributed by atoms with E-state index in [1.165, 1.54) is 45.3 Å². The van der Waals surface area contributed by atoms with Crippen LogP contribution in [-0.4, -0.2) is 47.4 Å². The fraction of sp³-hybridized carbons (Fsp3) is 0.435. The summed E-state index contributed by atoms with van der Waals surface area (Å²) in [6, 6.07) is 1.29. The second kappa shape index (κ2) is 12.7. The number of aryl methyl sites for hydroxylation is 1. The van der Waals surface area contributed by atoms with Crippen molar-refractivity contribution in [2.75, 3.05) is 26.7 Å². The number of aliphatic imine (C=N–C) groups is 1. The molecule has 10 heteroatoms. The summed E-state index contributed by atoms with van der Waals surface area (Å²) in [6.07, 6.45) is 6.63. The Morgan fingerprint density at radius 1 is 1.15 bits per heavy atom. The first kappa shape index (κ1) is 26.0. The zero-order valence-corrected chi connectivity index (χ0v) is 19.6. The molecular formula is C23H32F2N6O2.